The van der Waals surface area contributed by atoms with Gasteiger partial charge in [-0.1, -0.05) is 12.1 Å². The van der Waals surface area contributed by atoms with Gasteiger partial charge in [-0.25, -0.2) is 8.78 Å². The molecular weight excluding hydrogens is 414 g/mol. The summed E-state index contributed by atoms with van der Waals surface area (Å²) in [6, 6.07) is 6.76. The maximum atomic E-state index is 14.6. The molecule has 1 unspecified atom stereocenters. The largest absolute Gasteiger partial charge is 0.366 e. The van der Waals surface area contributed by atoms with Gasteiger partial charge in [0.1, 0.15) is 11.6 Å². The lowest BCUT2D eigenvalue weighted by Gasteiger charge is -2.22. The number of likely N-dealkylation sites (N-methyl/N-ethyl adjacent to an activating group) is 1. The zero-order valence-corrected chi connectivity index (χ0v) is 18.1. The van der Waals surface area contributed by atoms with Gasteiger partial charge >= 0.3 is 0 Å². The van der Waals surface area contributed by atoms with Gasteiger partial charge in [-0.05, 0) is 62.7 Å². The Morgan fingerprint density at radius 1 is 1.19 bits per heavy atom. The zero-order valence-electron chi connectivity index (χ0n) is 18.1. The number of fused-ring (bicyclic) bond motifs is 3. The first kappa shape index (κ1) is 22.0. The van der Waals surface area contributed by atoms with Crippen LogP contribution in [0, 0.1) is 17.6 Å². The van der Waals surface area contributed by atoms with Gasteiger partial charge in [0, 0.05) is 30.1 Å². The highest BCUT2D eigenvalue weighted by atomic mass is 19.1. The Labute approximate surface area is 184 Å². The molecule has 32 heavy (non-hydrogen) atoms. The summed E-state index contributed by atoms with van der Waals surface area (Å²) >= 11 is 0. The second-order valence-electron chi connectivity index (χ2n) is 8.49. The molecule has 0 radical (unpaired) electrons. The monoisotopic (exact) mass is 440 g/mol. The molecule has 2 aromatic carbocycles. The van der Waals surface area contributed by atoms with Gasteiger partial charge < -0.3 is 20.9 Å². The number of carbonyl (C=O) groups excluding carboxylic acids is 2. The van der Waals surface area contributed by atoms with Crippen molar-refractivity contribution >= 4 is 22.7 Å². The van der Waals surface area contributed by atoms with E-state index in [2.05, 4.69) is 10.3 Å². The topological polar surface area (TPSA) is 91.2 Å². The van der Waals surface area contributed by atoms with Crippen LogP contribution in [0.4, 0.5) is 8.78 Å². The van der Waals surface area contributed by atoms with Crippen LogP contribution in [-0.4, -0.2) is 48.9 Å². The number of H-pyrrole nitrogens is 1. The minimum absolute atomic E-state index is 0.0216. The molecule has 0 saturated carbocycles. The molecule has 0 saturated heterocycles. The molecule has 1 aliphatic rings. The number of halogens is 2. The molecule has 168 valence electrons. The molecule has 1 heterocycles. The summed E-state index contributed by atoms with van der Waals surface area (Å²) in [4.78, 5) is 29.9. The van der Waals surface area contributed by atoms with Crippen LogP contribution >= 0.6 is 0 Å². The lowest BCUT2D eigenvalue weighted by molar-refractivity contribution is -0.125. The van der Waals surface area contributed by atoms with Gasteiger partial charge in [-0.15, -0.1) is 0 Å². The molecule has 0 fully saturated rings. The molecular formula is C24H26F2N4O2. The van der Waals surface area contributed by atoms with Gasteiger partial charge in [0.05, 0.1) is 16.6 Å². The average molecular weight is 440 g/mol. The van der Waals surface area contributed by atoms with Crippen molar-refractivity contribution in [2.24, 2.45) is 11.7 Å². The fourth-order valence-corrected chi connectivity index (χ4v) is 4.48. The lowest BCUT2D eigenvalue weighted by Crippen LogP contribution is -2.37. The van der Waals surface area contributed by atoms with Crippen molar-refractivity contribution in [2.75, 3.05) is 27.2 Å². The number of benzene rings is 2. The first-order valence-corrected chi connectivity index (χ1v) is 10.6. The highest BCUT2D eigenvalue weighted by Gasteiger charge is 2.30. The smallest absolute Gasteiger partial charge is 0.250 e. The van der Waals surface area contributed by atoms with Crippen LogP contribution in [0.25, 0.3) is 22.0 Å². The van der Waals surface area contributed by atoms with Crippen LogP contribution < -0.4 is 11.1 Å². The Morgan fingerprint density at radius 3 is 2.56 bits per heavy atom. The number of hydrogen-bond donors (Lipinski definition) is 3. The summed E-state index contributed by atoms with van der Waals surface area (Å²) in [6.07, 6.45) is 1.61. The van der Waals surface area contributed by atoms with Crippen LogP contribution in [0.1, 0.15) is 28.0 Å². The predicted octanol–water partition coefficient (Wildman–Crippen LogP) is 2.99. The number of nitrogens with one attached hydrogen (secondary N) is 2. The van der Waals surface area contributed by atoms with E-state index >= 15 is 0 Å². The van der Waals surface area contributed by atoms with E-state index in [-0.39, 0.29) is 23.0 Å². The first-order chi connectivity index (χ1) is 15.3. The van der Waals surface area contributed by atoms with Crippen LogP contribution in [-0.2, 0) is 17.6 Å². The molecule has 1 aromatic heterocycles. The van der Waals surface area contributed by atoms with E-state index in [0.29, 0.717) is 42.3 Å². The summed E-state index contributed by atoms with van der Waals surface area (Å²) in [5.41, 5.74) is 8.17. The molecule has 6 nitrogen and oxygen atoms in total. The molecule has 0 bridgehead atoms. The maximum absolute atomic E-state index is 14.6. The van der Waals surface area contributed by atoms with Crippen molar-refractivity contribution in [3.63, 3.8) is 0 Å². The summed E-state index contributed by atoms with van der Waals surface area (Å²) < 4.78 is 29.2. The van der Waals surface area contributed by atoms with E-state index in [4.69, 9.17) is 5.73 Å². The number of aryl methyl sites for hydroxylation is 1. The summed E-state index contributed by atoms with van der Waals surface area (Å²) in [5.74, 6) is -2.23. The molecule has 1 atom stereocenters. The summed E-state index contributed by atoms with van der Waals surface area (Å²) in [5, 5.41) is 3.55. The number of nitrogens with zero attached hydrogens (tertiary/aromatic N) is 1. The van der Waals surface area contributed by atoms with E-state index in [0.717, 1.165) is 17.8 Å². The number of primary amides is 1. The summed E-state index contributed by atoms with van der Waals surface area (Å²) in [6.45, 7) is 1.31. The molecule has 8 heteroatoms. The molecule has 1 aliphatic carbocycles. The van der Waals surface area contributed by atoms with Crippen LogP contribution in [0.15, 0.2) is 30.3 Å². The molecule has 0 spiro atoms. The highest BCUT2D eigenvalue weighted by Crippen LogP contribution is 2.40. The number of aromatic nitrogens is 1. The Bertz CT molecular complexity index is 1180. The molecule has 0 aliphatic heterocycles. The second kappa shape index (κ2) is 8.70. The van der Waals surface area contributed by atoms with Crippen molar-refractivity contribution in [1.29, 1.82) is 0 Å². The number of rotatable bonds is 6. The molecule has 3 aromatic rings. The average Bonchev–Trinajstić information content (AvgIpc) is 3.11. The third-order valence-electron chi connectivity index (χ3n) is 6.07. The number of nitrogens with two attached hydrogens (primary N) is 1. The Balaban J connectivity index is 1.77. The zero-order chi connectivity index (χ0) is 23.0. The SMILES string of the molecule is CN(C)CCNC(=O)C1CCc2c([nH]c3c(C(N)=O)ccc(-c4c(F)cccc4F)c23)C1. The summed E-state index contributed by atoms with van der Waals surface area (Å²) in [7, 11) is 3.88. The third kappa shape index (κ3) is 3.98. The van der Waals surface area contributed by atoms with Crippen molar-refractivity contribution in [3.05, 3.63) is 58.8 Å². The highest BCUT2D eigenvalue weighted by molar-refractivity contribution is 6.11. The fraction of sp³-hybridized carbons (Fsp3) is 0.333. The fourth-order valence-electron chi connectivity index (χ4n) is 4.48. The van der Waals surface area contributed by atoms with Crippen molar-refractivity contribution in [3.8, 4) is 11.1 Å². The van der Waals surface area contributed by atoms with E-state index < -0.39 is 17.5 Å². The van der Waals surface area contributed by atoms with Crippen molar-refractivity contribution in [2.45, 2.75) is 19.3 Å². The van der Waals surface area contributed by atoms with Crippen molar-refractivity contribution < 1.29 is 18.4 Å². The lowest BCUT2D eigenvalue weighted by atomic mass is 9.84. The van der Waals surface area contributed by atoms with E-state index in [1.807, 2.05) is 19.0 Å². The molecule has 2 amide bonds. The number of hydrogen-bond acceptors (Lipinski definition) is 3. The normalized spacial score (nSPS) is 15.7. The van der Waals surface area contributed by atoms with E-state index in [1.54, 1.807) is 0 Å². The Hall–Kier alpha value is -3.26. The van der Waals surface area contributed by atoms with Gasteiger partial charge in [-0.2, -0.15) is 0 Å². The Kier molecular flexibility index (Phi) is 5.97. The van der Waals surface area contributed by atoms with Crippen LogP contribution in [0.2, 0.25) is 0 Å². The maximum Gasteiger partial charge on any atom is 0.250 e. The van der Waals surface area contributed by atoms with Gasteiger partial charge in [0.15, 0.2) is 0 Å². The van der Waals surface area contributed by atoms with Gasteiger partial charge in [0.25, 0.3) is 5.91 Å². The quantitative estimate of drug-likeness (QED) is 0.550. The third-order valence-corrected chi connectivity index (χ3v) is 6.07. The number of aromatic amines is 1. The van der Waals surface area contributed by atoms with Crippen LogP contribution in [0.3, 0.4) is 0 Å². The standard InChI is InChI=1S/C24H26F2N4O2/c1-30(2)11-10-28-24(32)13-6-7-14-19(12-13)29-22-16(23(27)31)9-8-15(20(14)22)21-17(25)4-3-5-18(21)26/h3-5,8-9,13,29H,6-7,10-12H2,1-2H3,(H2,27,31)(H,28,32). The van der Waals surface area contributed by atoms with Gasteiger partial charge in [0.2, 0.25) is 5.91 Å². The van der Waals surface area contributed by atoms with E-state index in [1.165, 1.54) is 30.3 Å². The molecule has 4 N–H and O–H groups in total. The number of amides is 2. The minimum Gasteiger partial charge on any atom is -0.366 e. The minimum atomic E-state index is -0.679. The van der Waals surface area contributed by atoms with E-state index in [9.17, 15) is 18.4 Å². The van der Waals surface area contributed by atoms with Gasteiger partial charge in [-0.3, -0.25) is 9.59 Å². The second-order valence-corrected chi connectivity index (χ2v) is 8.49. The van der Waals surface area contributed by atoms with Crippen molar-refractivity contribution in [1.82, 2.24) is 15.2 Å². The first-order valence-electron chi connectivity index (χ1n) is 10.6. The predicted molar refractivity (Wildman–Crippen MR) is 119 cm³/mol. The number of carbonyl (C=O) groups is 2. The Morgan fingerprint density at radius 2 is 1.91 bits per heavy atom. The molecule has 4 rings (SSSR count). The van der Waals surface area contributed by atoms with Crippen LogP contribution in [0.5, 0.6) is 0 Å².